The van der Waals surface area contributed by atoms with Crippen molar-refractivity contribution in [2.24, 2.45) is 5.92 Å². The lowest BCUT2D eigenvalue weighted by Gasteiger charge is -2.20. The first-order valence-electron chi connectivity index (χ1n) is 5.06. The molecule has 1 amide bonds. The Kier molecular flexibility index (Phi) is 4.81. The number of hydrogen-bond acceptors (Lipinski definition) is 2. The van der Waals surface area contributed by atoms with E-state index in [0.29, 0.717) is 12.8 Å². The summed E-state index contributed by atoms with van der Waals surface area (Å²) in [5.74, 6) is 0.123. The molecule has 0 radical (unpaired) electrons. The normalized spacial score (nSPS) is 11.6. The Labute approximate surface area is 86.3 Å². The molecule has 0 aromatic rings. The van der Waals surface area contributed by atoms with E-state index in [-0.39, 0.29) is 23.1 Å². The number of amides is 1. The van der Waals surface area contributed by atoms with Crippen molar-refractivity contribution in [2.75, 3.05) is 0 Å². The molecular formula is C11H21NO2. The van der Waals surface area contributed by atoms with Gasteiger partial charge in [-0.05, 0) is 20.8 Å². The molecule has 14 heavy (non-hydrogen) atoms. The second-order valence-electron chi connectivity index (χ2n) is 4.92. The van der Waals surface area contributed by atoms with Crippen LogP contribution in [0.1, 0.15) is 47.5 Å². The van der Waals surface area contributed by atoms with Gasteiger partial charge in [0.05, 0.1) is 0 Å². The minimum Gasteiger partial charge on any atom is -0.351 e. The van der Waals surface area contributed by atoms with E-state index >= 15 is 0 Å². The summed E-state index contributed by atoms with van der Waals surface area (Å²) in [6.45, 7) is 9.48. The lowest BCUT2D eigenvalue weighted by atomic mass is 10.0. The second kappa shape index (κ2) is 5.13. The van der Waals surface area contributed by atoms with Crippen LogP contribution in [0.3, 0.4) is 0 Å². The molecule has 0 aromatic heterocycles. The molecule has 82 valence electrons. The van der Waals surface area contributed by atoms with Crippen molar-refractivity contribution in [3.8, 4) is 0 Å². The maximum absolute atomic E-state index is 11.3. The first kappa shape index (κ1) is 13.1. The fraction of sp³-hybridized carbons (Fsp3) is 0.818. The minimum absolute atomic E-state index is 0.0254. The SMILES string of the molecule is CC(C)C(=O)CCC(=O)NC(C)(C)C. The molecule has 0 bridgehead atoms. The van der Waals surface area contributed by atoms with Crippen LogP contribution in [0.2, 0.25) is 0 Å². The zero-order valence-electron chi connectivity index (χ0n) is 9.81. The number of hydrogen-bond donors (Lipinski definition) is 1. The largest absolute Gasteiger partial charge is 0.351 e. The van der Waals surface area contributed by atoms with Gasteiger partial charge in [0.25, 0.3) is 0 Å². The zero-order chi connectivity index (χ0) is 11.4. The van der Waals surface area contributed by atoms with E-state index in [0.717, 1.165) is 0 Å². The van der Waals surface area contributed by atoms with Crippen molar-refractivity contribution >= 4 is 11.7 Å². The van der Waals surface area contributed by atoms with Crippen molar-refractivity contribution in [1.29, 1.82) is 0 Å². The Bertz CT molecular complexity index is 214. The zero-order valence-corrected chi connectivity index (χ0v) is 9.81. The maximum Gasteiger partial charge on any atom is 0.220 e. The number of carbonyl (C=O) groups is 2. The van der Waals surface area contributed by atoms with Gasteiger partial charge in [0.15, 0.2) is 0 Å². The van der Waals surface area contributed by atoms with E-state index in [9.17, 15) is 9.59 Å². The highest BCUT2D eigenvalue weighted by Crippen LogP contribution is 2.04. The Morgan fingerprint density at radius 1 is 1.14 bits per heavy atom. The van der Waals surface area contributed by atoms with Crippen LogP contribution in [0.5, 0.6) is 0 Å². The molecule has 3 heteroatoms. The molecule has 0 atom stereocenters. The summed E-state index contributed by atoms with van der Waals surface area (Å²) in [5, 5.41) is 2.82. The van der Waals surface area contributed by atoms with E-state index < -0.39 is 0 Å². The molecule has 3 nitrogen and oxygen atoms in total. The lowest BCUT2D eigenvalue weighted by molar-refractivity contribution is -0.127. The lowest BCUT2D eigenvalue weighted by Crippen LogP contribution is -2.40. The molecule has 0 unspecified atom stereocenters. The summed E-state index contributed by atoms with van der Waals surface area (Å²) in [4.78, 5) is 22.6. The van der Waals surface area contributed by atoms with Crippen LogP contribution in [-0.2, 0) is 9.59 Å². The summed E-state index contributed by atoms with van der Waals surface area (Å²) in [6, 6.07) is 0. The molecule has 0 aliphatic heterocycles. The van der Waals surface area contributed by atoms with E-state index in [4.69, 9.17) is 0 Å². The molecule has 0 spiro atoms. The molecular weight excluding hydrogens is 178 g/mol. The van der Waals surface area contributed by atoms with Gasteiger partial charge >= 0.3 is 0 Å². The number of carbonyl (C=O) groups excluding carboxylic acids is 2. The third-order valence-corrected chi connectivity index (χ3v) is 1.76. The molecule has 0 saturated carbocycles. The van der Waals surface area contributed by atoms with Crippen LogP contribution >= 0.6 is 0 Å². The van der Waals surface area contributed by atoms with Gasteiger partial charge in [-0.25, -0.2) is 0 Å². The van der Waals surface area contributed by atoms with Crippen molar-refractivity contribution < 1.29 is 9.59 Å². The van der Waals surface area contributed by atoms with Gasteiger partial charge < -0.3 is 5.32 Å². The summed E-state index contributed by atoms with van der Waals surface area (Å²) in [5.41, 5.74) is -0.210. The molecule has 0 heterocycles. The monoisotopic (exact) mass is 199 g/mol. The van der Waals surface area contributed by atoms with Crippen LogP contribution in [0, 0.1) is 5.92 Å². The fourth-order valence-corrected chi connectivity index (χ4v) is 1.01. The van der Waals surface area contributed by atoms with Crippen LogP contribution in [-0.4, -0.2) is 17.2 Å². The summed E-state index contributed by atoms with van der Waals surface area (Å²) < 4.78 is 0. The van der Waals surface area contributed by atoms with E-state index in [1.807, 2.05) is 34.6 Å². The number of ketones is 1. The third kappa shape index (κ3) is 6.63. The van der Waals surface area contributed by atoms with Crippen LogP contribution in [0.25, 0.3) is 0 Å². The first-order chi connectivity index (χ1) is 6.22. The molecule has 0 rings (SSSR count). The smallest absolute Gasteiger partial charge is 0.220 e. The predicted molar refractivity (Wildman–Crippen MR) is 57.0 cm³/mol. The van der Waals surface area contributed by atoms with Gasteiger partial charge in [0.2, 0.25) is 5.91 Å². The van der Waals surface area contributed by atoms with Crippen molar-refractivity contribution in [2.45, 2.75) is 53.0 Å². The van der Waals surface area contributed by atoms with Gasteiger partial charge in [-0.3, -0.25) is 9.59 Å². The standard InChI is InChI=1S/C11H21NO2/c1-8(2)9(13)6-7-10(14)12-11(3,4)5/h8H,6-7H2,1-5H3,(H,12,14). The van der Waals surface area contributed by atoms with E-state index in [1.54, 1.807) is 0 Å². The molecule has 0 saturated heterocycles. The molecule has 1 N–H and O–H groups in total. The maximum atomic E-state index is 11.3. The summed E-state index contributed by atoms with van der Waals surface area (Å²) in [6.07, 6.45) is 0.647. The summed E-state index contributed by atoms with van der Waals surface area (Å²) in [7, 11) is 0. The number of rotatable bonds is 4. The van der Waals surface area contributed by atoms with Crippen molar-refractivity contribution in [1.82, 2.24) is 5.32 Å². The Balaban J connectivity index is 3.81. The molecule has 0 fully saturated rings. The highest BCUT2D eigenvalue weighted by molar-refractivity contribution is 5.86. The van der Waals surface area contributed by atoms with E-state index in [2.05, 4.69) is 5.32 Å². The highest BCUT2D eigenvalue weighted by atomic mass is 16.2. The summed E-state index contributed by atoms with van der Waals surface area (Å²) >= 11 is 0. The van der Waals surface area contributed by atoms with Gasteiger partial charge in [-0.2, -0.15) is 0 Å². The molecule has 0 aliphatic rings. The van der Waals surface area contributed by atoms with Crippen molar-refractivity contribution in [3.05, 3.63) is 0 Å². The van der Waals surface area contributed by atoms with Gasteiger partial charge in [-0.1, -0.05) is 13.8 Å². The Morgan fingerprint density at radius 3 is 2.00 bits per heavy atom. The topological polar surface area (TPSA) is 46.2 Å². The third-order valence-electron chi connectivity index (χ3n) is 1.76. The Morgan fingerprint density at radius 2 is 1.64 bits per heavy atom. The van der Waals surface area contributed by atoms with Crippen LogP contribution in [0.15, 0.2) is 0 Å². The fourth-order valence-electron chi connectivity index (χ4n) is 1.01. The van der Waals surface area contributed by atoms with Gasteiger partial charge in [0.1, 0.15) is 5.78 Å². The highest BCUT2D eigenvalue weighted by Gasteiger charge is 2.15. The van der Waals surface area contributed by atoms with Crippen LogP contribution in [0.4, 0.5) is 0 Å². The van der Waals surface area contributed by atoms with Crippen LogP contribution < -0.4 is 5.32 Å². The number of Topliss-reactive ketones (excluding diaryl/α,β-unsaturated/α-hetero) is 1. The van der Waals surface area contributed by atoms with Crippen molar-refractivity contribution in [3.63, 3.8) is 0 Å². The molecule has 0 aromatic carbocycles. The number of nitrogens with one attached hydrogen (secondary N) is 1. The average Bonchev–Trinajstić information content (AvgIpc) is 1.96. The first-order valence-corrected chi connectivity index (χ1v) is 5.06. The van der Waals surface area contributed by atoms with E-state index in [1.165, 1.54) is 0 Å². The molecule has 0 aliphatic carbocycles. The average molecular weight is 199 g/mol. The van der Waals surface area contributed by atoms with Gasteiger partial charge in [0, 0.05) is 24.3 Å². The Hall–Kier alpha value is -0.860. The quantitative estimate of drug-likeness (QED) is 0.751. The predicted octanol–water partition coefficient (Wildman–Crippen LogP) is 1.91. The van der Waals surface area contributed by atoms with Gasteiger partial charge in [-0.15, -0.1) is 0 Å². The minimum atomic E-state index is -0.210. The second-order valence-corrected chi connectivity index (χ2v) is 4.92.